The Kier molecular flexibility index (Phi) is 10.8. The van der Waals surface area contributed by atoms with Gasteiger partial charge in [-0.1, -0.05) is 42.0 Å². The van der Waals surface area contributed by atoms with E-state index in [0.717, 1.165) is 84.8 Å². The van der Waals surface area contributed by atoms with Crippen LogP contribution >= 0.6 is 0 Å². The standard InChI is InChI=1S/C24H38N6/c1-2-22-4-3-21(1)17-27-13-9-25-11-15-29-19-23-5-7-24(8-6-23)20-30-16-12-26-10-14-28-18-22/h1-5,8,19,25-28,30H,6-7,9-18,20H2. The van der Waals surface area contributed by atoms with E-state index in [1.165, 1.54) is 22.3 Å². The van der Waals surface area contributed by atoms with Gasteiger partial charge in [0.05, 0.1) is 6.54 Å². The zero-order valence-corrected chi connectivity index (χ0v) is 18.2. The zero-order chi connectivity index (χ0) is 20.7. The van der Waals surface area contributed by atoms with Crippen LogP contribution in [0.4, 0.5) is 0 Å². The minimum absolute atomic E-state index is 0.831. The summed E-state index contributed by atoms with van der Waals surface area (Å²) in [6, 6.07) is 8.88. The van der Waals surface area contributed by atoms with Gasteiger partial charge >= 0.3 is 0 Å². The van der Waals surface area contributed by atoms with Crippen molar-refractivity contribution >= 4 is 6.21 Å². The van der Waals surface area contributed by atoms with Gasteiger partial charge in [0, 0.05) is 71.7 Å². The van der Waals surface area contributed by atoms with Crippen LogP contribution in [-0.4, -0.2) is 65.1 Å². The van der Waals surface area contributed by atoms with Crippen LogP contribution in [-0.2, 0) is 13.1 Å². The number of hydrogen-bond donors (Lipinski definition) is 5. The quantitative estimate of drug-likeness (QED) is 0.418. The molecule has 0 saturated carbocycles. The van der Waals surface area contributed by atoms with Gasteiger partial charge in [-0.2, -0.15) is 0 Å². The maximum Gasteiger partial charge on any atom is 0.0514 e. The molecule has 0 aromatic heterocycles. The van der Waals surface area contributed by atoms with E-state index in [9.17, 15) is 0 Å². The monoisotopic (exact) mass is 410 g/mol. The Hall–Kier alpha value is -1.83. The lowest BCUT2D eigenvalue weighted by molar-refractivity contribution is 0.588. The molecule has 1 aromatic rings. The Morgan fingerprint density at radius 1 is 0.567 bits per heavy atom. The van der Waals surface area contributed by atoms with Gasteiger partial charge in [0.15, 0.2) is 0 Å². The largest absolute Gasteiger partial charge is 0.314 e. The molecular formula is C24H38N6. The highest BCUT2D eigenvalue weighted by Gasteiger charge is 2.03. The van der Waals surface area contributed by atoms with Gasteiger partial charge in [0.2, 0.25) is 0 Å². The summed E-state index contributed by atoms with van der Waals surface area (Å²) < 4.78 is 0. The third kappa shape index (κ3) is 9.32. The van der Waals surface area contributed by atoms with Crippen molar-refractivity contribution in [1.29, 1.82) is 0 Å². The van der Waals surface area contributed by atoms with Crippen LogP contribution < -0.4 is 26.6 Å². The summed E-state index contributed by atoms with van der Waals surface area (Å²) in [5.74, 6) is 0. The third-order valence-electron chi connectivity index (χ3n) is 5.40. The van der Waals surface area contributed by atoms with Crippen LogP contribution in [0.1, 0.15) is 24.0 Å². The highest BCUT2D eigenvalue weighted by atomic mass is 15.0. The maximum atomic E-state index is 4.57. The second-order valence-corrected chi connectivity index (χ2v) is 7.93. The van der Waals surface area contributed by atoms with Crippen LogP contribution in [0.5, 0.6) is 0 Å². The Balaban J connectivity index is 1.42. The highest BCUT2D eigenvalue weighted by molar-refractivity contribution is 5.79. The Bertz CT molecular complexity index is 692. The summed E-state index contributed by atoms with van der Waals surface area (Å²) in [7, 11) is 0. The Morgan fingerprint density at radius 3 is 1.73 bits per heavy atom. The average Bonchev–Trinajstić information content (AvgIpc) is 2.78. The first-order chi connectivity index (χ1) is 14.9. The highest BCUT2D eigenvalue weighted by Crippen LogP contribution is 2.15. The number of hydrogen-bond acceptors (Lipinski definition) is 6. The van der Waals surface area contributed by atoms with Crippen molar-refractivity contribution in [2.45, 2.75) is 25.9 Å². The van der Waals surface area contributed by atoms with Crippen LogP contribution in [0, 0.1) is 0 Å². The molecule has 0 radical (unpaired) electrons. The first kappa shape index (κ1) is 22.8. The average molecular weight is 411 g/mol. The minimum Gasteiger partial charge on any atom is -0.314 e. The van der Waals surface area contributed by atoms with E-state index < -0.39 is 0 Å². The Morgan fingerprint density at radius 2 is 1.13 bits per heavy atom. The SMILES string of the molecule is C1=NCCNCCNCc2ccc(cc2)CNCCNCCNCC2=CCC1=CC2. The number of nitrogens with zero attached hydrogens (tertiary/aromatic N) is 1. The van der Waals surface area contributed by atoms with Gasteiger partial charge in [-0.05, 0) is 29.5 Å². The van der Waals surface area contributed by atoms with E-state index in [2.05, 4.69) is 68.0 Å². The molecule has 6 rings (SSSR count). The zero-order valence-electron chi connectivity index (χ0n) is 18.2. The van der Waals surface area contributed by atoms with Crippen molar-refractivity contribution in [3.8, 4) is 0 Å². The molecule has 30 heavy (non-hydrogen) atoms. The van der Waals surface area contributed by atoms with Gasteiger partial charge < -0.3 is 26.6 Å². The molecular weight excluding hydrogens is 372 g/mol. The number of benzene rings is 1. The molecule has 0 saturated heterocycles. The van der Waals surface area contributed by atoms with Gasteiger partial charge in [-0.3, -0.25) is 4.99 Å². The number of nitrogens with one attached hydrogen (secondary N) is 5. The molecule has 0 amide bonds. The fourth-order valence-corrected chi connectivity index (χ4v) is 3.54. The molecule has 5 aliphatic rings. The van der Waals surface area contributed by atoms with Crippen molar-refractivity contribution in [1.82, 2.24) is 26.6 Å². The molecule has 4 heterocycles. The summed E-state index contributed by atoms with van der Waals surface area (Å²) in [6.45, 7) is 10.5. The Labute approximate surface area is 181 Å². The number of rotatable bonds is 0. The smallest absolute Gasteiger partial charge is 0.0514 e. The molecule has 4 aliphatic heterocycles. The maximum absolute atomic E-state index is 4.57. The third-order valence-corrected chi connectivity index (χ3v) is 5.40. The first-order valence-electron chi connectivity index (χ1n) is 11.4. The van der Waals surface area contributed by atoms with Crippen LogP contribution in [0.2, 0.25) is 0 Å². The lowest BCUT2D eigenvalue weighted by Crippen LogP contribution is -2.33. The van der Waals surface area contributed by atoms with Gasteiger partial charge in [0.25, 0.3) is 0 Å². The van der Waals surface area contributed by atoms with Crippen LogP contribution in [0.15, 0.2) is 52.6 Å². The van der Waals surface area contributed by atoms with Gasteiger partial charge in [0.1, 0.15) is 0 Å². The second-order valence-electron chi connectivity index (χ2n) is 7.93. The normalized spacial score (nSPS) is 21.2. The molecule has 5 N–H and O–H groups in total. The summed E-state index contributed by atoms with van der Waals surface area (Å²) >= 11 is 0. The summed E-state index contributed by atoms with van der Waals surface area (Å²) in [6.07, 6.45) is 8.76. The van der Waals surface area contributed by atoms with E-state index in [1.807, 2.05) is 6.21 Å². The summed E-state index contributed by atoms with van der Waals surface area (Å²) in [5, 5.41) is 17.5. The second kappa shape index (κ2) is 14.2. The number of allylic oxidation sites excluding steroid dienone is 3. The fourth-order valence-electron chi connectivity index (χ4n) is 3.54. The molecule has 4 bridgehead atoms. The van der Waals surface area contributed by atoms with E-state index in [4.69, 9.17) is 0 Å². The van der Waals surface area contributed by atoms with Crippen molar-refractivity contribution in [2.24, 2.45) is 4.99 Å². The van der Waals surface area contributed by atoms with Gasteiger partial charge in [-0.25, -0.2) is 0 Å². The fraction of sp³-hybridized carbons (Fsp3) is 0.542. The molecule has 164 valence electrons. The summed E-state index contributed by atoms with van der Waals surface area (Å²) in [5.41, 5.74) is 5.48. The predicted octanol–water partition coefficient (Wildman–Crippen LogP) is 1.37. The number of aliphatic imine (C=N–C) groups is 1. The lowest BCUT2D eigenvalue weighted by atomic mass is 10.00. The minimum atomic E-state index is 0.831. The van der Waals surface area contributed by atoms with E-state index >= 15 is 0 Å². The topological polar surface area (TPSA) is 72.5 Å². The predicted molar refractivity (Wildman–Crippen MR) is 127 cm³/mol. The molecule has 0 spiro atoms. The molecule has 1 aliphatic carbocycles. The van der Waals surface area contributed by atoms with Crippen molar-refractivity contribution < 1.29 is 0 Å². The van der Waals surface area contributed by atoms with Crippen molar-refractivity contribution in [2.75, 3.05) is 58.9 Å². The van der Waals surface area contributed by atoms with Crippen LogP contribution in [0.25, 0.3) is 0 Å². The van der Waals surface area contributed by atoms with E-state index in [1.54, 1.807) is 0 Å². The molecule has 6 heteroatoms. The molecule has 1 aromatic carbocycles. The molecule has 0 fully saturated rings. The summed E-state index contributed by atoms with van der Waals surface area (Å²) in [4.78, 5) is 4.57. The molecule has 6 nitrogen and oxygen atoms in total. The van der Waals surface area contributed by atoms with Crippen molar-refractivity contribution in [3.05, 3.63) is 58.7 Å². The van der Waals surface area contributed by atoms with Gasteiger partial charge in [-0.15, -0.1) is 0 Å². The van der Waals surface area contributed by atoms with E-state index in [-0.39, 0.29) is 0 Å². The van der Waals surface area contributed by atoms with Crippen LogP contribution in [0.3, 0.4) is 0 Å². The molecule has 0 atom stereocenters. The van der Waals surface area contributed by atoms with E-state index in [0.29, 0.717) is 0 Å². The lowest BCUT2D eigenvalue weighted by Gasteiger charge is -2.13. The first-order valence-corrected chi connectivity index (χ1v) is 11.4. The van der Waals surface area contributed by atoms with Crippen molar-refractivity contribution in [3.63, 3.8) is 0 Å². The molecule has 0 unspecified atom stereocenters.